The van der Waals surface area contributed by atoms with Crippen molar-refractivity contribution in [3.63, 3.8) is 0 Å². The number of anilines is 1. The molecule has 1 amide bonds. The van der Waals surface area contributed by atoms with Crippen molar-refractivity contribution in [2.45, 2.75) is 12.8 Å². The van der Waals surface area contributed by atoms with Crippen molar-refractivity contribution in [1.29, 1.82) is 0 Å². The molecule has 1 aliphatic rings. The number of aromatic carboxylic acids is 1. The second kappa shape index (κ2) is 7.11. The number of nitrogens with zero attached hydrogens (tertiary/aromatic N) is 2. The normalized spacial score (nSPS) is 12.2. The molecule has 0 spiro atoms. The number of carbonyl (C=O) groups excluding carboxylic acids is 1. The number of aryl methyl sites for hydroxylation is 1. The van der Waals surface area contributed by atoms with Crippen molar-refractivity contribution in [1.82, 2.24) is 9.97 Å². The van der Waals surface area contributed by atoms with Gasteiger partial charge in [-0.25, -0.2) is 19.6 Å². The third-order valence-electron chi connectivity index (χ3n) is 4.77. The molecule has 3 aromatic rings. The Balaban J connectivity index is 1.47. The molecule has 7 nitrogen and oxygen atoms in total. The number of amides is 1. The number of carboxylic acid groups (broad SMARTS) is 1. The highest BCUT2D eigenvalue weighted by molar-refractivity contribution is 5.89. The van der Waals surface area contributed by atoms with Crippen LogP contribution in [0, 0.1) is 6.92 Å². The molecule has 0 atom stereocenters. The van der Waals surface area contributed by atoms with E-state index in [1.54, 1.807) is 0 Å². The molecule has 0 unspecified atom stereocenters. The average molecular weight is 375 g/mol. The monoisotopic (exact) mass is 375 g/mol. The summed E-state index contributed by atoms with van der Waals surface area (Å²) in [4.78, 5) is 31.0. The van der Waals surface area contributed by atoms with Gasteiger partial charge in [-0.05, 0) is 29.2 Å². The van der Waals surface area contributed by atoms with Crippen LogP contribution in [0.4, 0.5) is 10.7 Å². The molecular weight excluding hydrogens is 358 g/mol. The topological polar surface area (TPSA) is 101 Å². The molecule has 0 saturated heterocycles. The molecule has 0 aliphatic heterocycles. The molecular formula is C21H17N3O4. The van der Waals surface area contributed by atoms with Crippen molar-refractivity contribution < 1.29 is 19.4 Å². The Labute approximate surface area is 161 Å². The average Bonchev–Trinajstić information content (AvgIpc) is 3.00. The Morgan fingerprint density at radius 1 is 1.07 bits per heavy atom. The second-order valence-corrected chi connectivity index (χ2v) is 6.45. The summed E-state index contributed by atoms with van der Waals surface area (Å²) >= 11 is 0. The first kappa shape index (κ1) is 17.7. The van der Waals surface area contributed by atoms with E-state index in [-0.39, 0.29) is 29.7 Å². The fourth-order valence-electron chi connectivity index (χ4n) is 3.46. The van der Waals surface area contributed by atoms with Crippen LogP contribution in [0.15, 0.2) is 54.7 Å². The minimum absolute atomic E-state index is 0.000257. The zero-order valence-corrected chi connectivity index (χ0v) is 15.0. The zero-order valence-electron chi connectivity index (χ0n) is 15.0. The standard InChI is InChI=1S/C21H17N3O4/c1-12-17(19(25)26)10-22-20(23-12)24-21(27)28-11-18-15-8-4-2-6-13(15)14-7-3-5-9-16(14)18/h2-10,18H,11H2,1H3,(H,25,26)(H,22,23,24,27). The van der Waals surface area contributed by atoms with Gasteiger partial charge in [0.15, 0.2) is 0 Å². The molecule has 1 heterocycles. The van der Waals surface area contributed by atoms with Gasteiger partial charge in [0.05, 0.1) is 11.3 Å². The molecule has 2 aromatic carbocycles. The lowest BCUT2D eigenvalue weighted by atomic mass is 9.98. The Hall–Kier alpha value is -3.74. The first-order valence-electron chi connectivity index (χ1n) is 8.73. The number of benzene rings is 2. The third kappa shape index (κ3) is 3.18. The van der Waals surface area contributed by atoms with Gasteiger partial charge in [0, 0.05) is 12.1 Å². The van der Waals surface area contributed by atoms with E-state index in [4.69, 9.17) is 9.84 Å². The molecule has 0 saturated carbocycles. The van der Waals surface area contributed by atoms with Crippen LogP contribution in [0.2, 0.25) is 0 Å². The van der Waals surface area contributed by atoms with E-state index in [0.717, 1.165) is 28.5 Å². The maximum atomic E-state index is 12.2. The predicted molar refractivity (Wildman–Crippen MR) is 102 cm³/mol. The van der Waals surface area contributed by atoms with E-state index in [1.165, 1.54) is 6.92 Å². The van der Waals surface area contributed by atoms with Crippen LogP contribution < -0.4 is 5.32 Å². The number of aromatic nitrogens is 2. The number of fused-ring (bicyclic) bond motifs is 3. The van der Waals surface area contributed by atoms with Crippen LogP contribution in [0.25, 0.3) is 11.1 Å². The van der Waals surface area contributed by atoms with E-state index in [2.05, 4.69) is 27.4 Å². The molecule has 1 aliphatic carbocycles. The second-order valence-electron chi connectivity index (χ2n) is 6.45. The van der Waals surface area contributed by atoms with Crippen LogP contribution >= 0.6 is 0 Å². The van der Waals surface area contributed by atoms with Crippen molar-refractivity contribution >= 4 is 18.0 Å². The van der Waals surface area contributed by atoms with E-state index >= 15 is 0 Å². The van der Waals surface area contributed by atoms with Gasteiger partial charge in [-0.15, -0.1) is 0 Å². The van der Waals surface area contributed by atoms with E-state index in [9.17, 15) is 9.59 Å². The van der Waals surface area contributed by atoms with E-state index in [0.29, 0.717) is 0 Å². The van der Waals surface area contributed by atoms with Crippen molar-refractivity contribution in [3.8, 4) is 11.1 Å². The Morgan fingerprint density at radius 3 is 2.25 bits per heavy atom. The summed E-state index contributed by atoms with van der Waals surface area (Å²) in [6.07, 6.45) is 0.466. The lowest BCUT2D eigenvalue weighted by molar-refractivity contribution is 0.0695. The maximum Gasteiger partial charge on any atom is 0.414 e. The Kier molecular flexibility index (Phi) is 4.49. The Bertz CT molecular complexity index is 1040. The van der Waals surface area contributed by atoms with Crippen molar-refractivity contribution in [2.24, 2.45) is 0 Å². The molecule has 7 heteroatoms. The number of hydrogen-bond acceptors (Lipinski definition) is 5. The van der Waals surface area contributed by atoms with Gasteiger partial charge in [-0.3, -0.25) is 5.32 Å². The van der Waals surface area contributed by atoms with Crippen LogP contribution in [0.3, 0.4) is 0 Å². The zero-order chi connectivity index (χ0) is 19.7. The van der Waals surface area contributed by atoms with Crippen molar-refractivity contribution in [2.75, 3.05) is 11.9 Å². The molecule has 0 bridgehead atoms. The number of carboxylic acids is 1. The largest absolute Gasteiger partial charge is 0.478 e. The highest BCUT2D eigenvalue weighted by Gasteiger charge is 2.29. The summed E-state index contributed by atoms with van der Waals surface area (Å²) in [5, 5.41) is 11.5. The minimum Gasteiger partial charge on any atom is -0.478 e. The first-order chi connectivity index (χ1) is 13.5. The number of carbonyl (C=O) groups is 2. The predicted octanol–water partition coefficient (Wildman–Crippen LogP) is 3.84. The fourth-order valence-corrected chi connectivity index (χ4v) is 3.46. The highest BCUT2D eigenvalue weighted by Crippen LogP contribution is 2.44. The van der Waals surface area contributed by atoms with Crippen LogP contribution in [0.1, 0.15) is 33.1 Å². The quantitative estimate of drug-likeness (QED) is 0.718. The summed E-state index contributed by atoms with van der Waals surface area (Å²) in [6.45, 7) is 1.71. The van der Waals surface area contributed by atoms with Gasteiger partial charge in [-0.2, -0.15) is 0 Å². The van der Waals surface area contributed by atoms with Gasteiger partial charge in [0.25, 0.3) is 0 Å². The summed E-state index contributed by atoms with van der Waals surface area (Å²) in [5.41, 5.74) is 4.78. The minimum atomic E-state index is -1.12. The van der Waals surface area contributed by atoms with E-state index < -0.39 is 12.1 Å². The lowest BCUT2D eigenvalue weighted by Crippen LogP contribution is -2.19. The van der Waals surface area contributed by atoms with Crippen LogP contribution in [-0.4, -0.2) is 33.7 Å². The van der Waals surface area contributed by atoms with Crippen LogP contribution in [0.5, 0.6) is 0 Å². The lowest BCUT2D eigenvalue weighted by Gasteiger charge is -2.14. The van der Waals surface area contributed by atoms with Gasteiger partial charge in [0.1, 0.15) is 6.61 Å². The maximum absolute atomic E-state index is 12.2. The SMILES string of the molecule is Cc1nc(NC(=O)OCC2c3ccccc3-c3ccccc32)ncc1C(=O)O. The number of nitrogens with one attached hydrogen (secondary N) is 1. The highest BCUT2D eigenvalue weighted by atomic mass is 16.5. The first-order valence-corrected chi connectivity index (χ1v) is 8.73. The molecule has 0 radical (unpaired) electrons. The fraction of sp³-hybridized carbons (Fsp3) is 0.143. The van der Waals surface area contributed by atoms with E-state index in [1.807, 2.05) is 36.4 Å². The number of rotatable bonds is 4. The van der Waals surface area contributed by atoms with Gasteiger partial charge >= 0.3 is 12.1 Å². The summed E-state index contributed by atoms with van der Waals surface area (Å²) in [7, 11) is 0. The molecule has 2 N–H and O–H groups in total. The number of hydrogen-bond donors (Lipinski definition) is 2. The van der Waals surface area contributed by atoms with Crippen molar-refractivity contribution in [3.05, 3.63) is 77.1 Å². The third-order valence-corrected chi connectivity index (χ3v) is 4.77. The van der Waals surface area contributed by atoms with Gasteiger partial charge in [-0.1, -0.05) is 48.5 Å². The molecule has 4 rings (SSSR count). The van der Waals surface area contributed by atoms with Crippen LogP contribution in [-0.2, 0) is 4.74 Å². The summed E-state index contributed by atoms with van der Waals surface area (Å²) in [5.74, 6) is -1.17. The smallest absolute Gasteiger partial charge is 0.414 e. The molecule has 0 fully saturated rings. The molecule has 140 valence electrons. The summed E-state index contributed by atoms with van der Waals surface area (Å²) in [6, 6.07) is 16.1. The summed E-state index contributed by atoms with van der Waals surface area (Å²) < 4.78 is 5.41. The van der Waals surface area contributed by atoms with Gasteiger partial charge < -0.3 is 9.84 Å². The number of ether oxygens (including phenoxy) is 1. The Morgan fingerprint density at radius 2 is 1.68 bits per heavy atom. The van der Waals surface area contributed by atoms with Gasteiger partial charge in [0.2, 0.25) is 5.95 Å². The molecule has 1 aromatic heterocycles. The molecule has 28 heavy (non-hydrogen) atoms.